The van der Waals surface area contributed by atoms with Crippen molar-refractivity contribution < 1.29 is 14.4 Å². The molecule has 0 saturated heterocycles. The minimum Gasteiger partial charge on any atom is -0.369 e. The Balaban J connectivity index is 4.64. The van der Waals surface area contributed by atoms with E-state index in [2.05, 4.69) is 18.5 Å². The predicted octanol–water partition coefficient (Wildman–Crippen LogP) is 0.704. The number of allylic oxidation sites excluding steroid dienone is 1. The van der Waals surface area contributed by atoms with E-state index in [0.29, 0.717) is 12.8 Å². The van der Waals surface area contributed by atoms with Crippen LogP contribution in [-0.2, 0) is 14.4 Å². The van der Waals surface area contributed by atoms with E-state index >= 15 is 0 Å². The van der Waals surface area contributed by atoms with Crippen molar-refractivity contribution >= 4 is 17.6 Å². The Morgan fingerprint density at radius 3 is 2.17 bits per heavy atom. The first-order chi connectivity index (χ1) is 8.42. The molecule has 0 radical (unpaired) electrons. The highest BCUT2D eigenvalue weighted by molar-refractivity contribution is 5.91. The molecule has 0 bridgehead atoms. The van der Waals surface area contributed by atoms with Gasteiger partial charge in [0.2, 0.25) is 11.8 Å². The molecular formula is C13H20N2O3. The summed E-state index contributed by atoms with van der Waals surface area (Å²) in [6.07, 6.45) is 3.77. The molecule has 0 aliphatic carbocycles. The maximum atomic E-state index is 12.0. The summed E-state index contributed by atoms with van der Waals surface area (Å²) >= 11 is 0. The lowest BCUT2D eigenvalue weighted by molar-refractivity contribution is -0.130. The van der Waals surface area contributed by atoms with Gasteiger partial charge in [0.25, 0.3) is 0 Å². The Bertz CT molecular complexity index is 350. The molecule has 5 heteroatoms. The second-order valence-corrected chi connectivity index (χ2v) is 4.07. The highest BCUT2D eigenvalue weighted by Crippen LogP contribution is 2.12. The Hall–Kier alpha value is -1.91. The number of Topliss-reactive ketones (excluding diaryl/α,β-unsaturated/α-hetero) is 1. The number of amides is 2. The Morgan fingerprint density at radius 1 is 1.22 bits per heavy atom. The summed E-state index contributed by atoms with van der Waals surface area (Å²) in [5, 5.41) is 2.53. The van der Waals surface area contributed by atoms with Gasteiger partial charge in [-0.2, -0.15) is 0 Å². The number of nitrogens with one attached hydrogen (secondary N) is 1. The third-order valence-electron chi connectivity index (χ3n) is 2.47. The summed E-state index contributed by atoms with van der Waals surface area (Å²) in [5.41, 5.74) is 5.20. The number of hydrogen-bond donors (Lipinski definition) is 2. The molecule has 18 heavy (non-hydrogen) atoms. The van der Waals surface area contributed by atoms with Gasteiger partial charge in [-0.25, -0.2) is 0 Å². The van der Waals surface area contributed by atoms with Gasteiger partial charge < -0.3 is 11.1 Å². The van der Waals surface area contributed by atoms with Gasteiger partial charge in [-0.05, 0) is 12.8 Å². The van der Waals surface area contributed by atoms with Gasteiger partial charge >= 0.3 is 0 Å². The van der Waals surface area contributed by atoms with Crippen LogP contribution in [-0.4, -0.2) is 23.6 Å². The van der Waals surface area contributed by atoms with Crippen molar-refractivity contribution in [3.8, 4) is 0 Å². The maximum absolute atomic E-state index is 12.0. The molecule has 5 nitrogen and oxygen atoms in total. The Labute approximate surface area is 107 Å². The second-order valence-electron chi connectivity index (χ2n) is 4.07. The summed E-state index contributed by atoms with van der Waals surface area (Å²) < 4.78 is 0. The first-order valence-corrected chi connectivity index (χ1v) is 5.73. The van der Waals surface area contributed by atoms with Crippen LogP contribution < -0.4 is 11.1 Å². The first-order valence-electron chi connectivity index (χ1n) is 5.73. The summed E-state index contributed by atoms with van der Waals surface area (Å²) in [6.45, 7) is 8.38. The van der Waals surface area contributed by atoms with E-state index in [1.165, 1.54) is 6.92 Å². The molecule has 2 unspecified atom stereocenters. The van der Waals surface area contributed by atoms with Crippen LogP contribution in [0.4, 0.5) is 0 Å². The van der Waals surface area contributed by atoms with Gasteiger partial charge in [0, 0.05) is 19.3 Å². The standard InChI is InChI=1S/C13H20N2O3/c1-4-6-10(13(14)18)8-12(17)11(7-5-2)15-9(3)16/h4-5,10-11H,1-2,6-8H2,3H3,(H2,14,18)(H,15,16). The molecule has 3 N–H and O–H groups in total. The van der Waals surface area contributed by atoms with Crippen molar-refractivity contribution in [3.05, 3.63) is 25.3 Å². The van der Waals surface area contributed by atoms with Crippen LogP contribution in [0.5, 0.6) is 0 Å². The zero-order valence-corrected chi connectivity index (χ0v) is 10.6. The maximum Gasteiger partial charge on any atom is 0.221 e. The predicted molar refractivity (Wildman–Crippen MR) is 69.5 cm³/mol. The minimum absolute atomic E-state index is 0.000139. The quantitative estimate of drug-likeness (QED) is 0.592. The largest absolute Gasteiger partial charge is 0.369 e. The number of nitrogens with two attached hydrogens (primary N) is 1. The van der Waals surface area contributed by atoms with Crippen molar-refractivity contribution in [1.29, 1.82) is 0 Å². The number of ketones is 1. The lowest BCUT2D eigenvalue weighted by atomic mass is 9.94. The highest BCUT2D eigenvalue weighted by Gasteiger charge is 2.24. The summed E-state index contributed by atoms with van der Waals surface area (Å²) in [5.74, 6) is -1.63. The van der Waals surface area contributed by atoms with Gasteiger partial charge in [-0.3, -0.25) is 14.4 Å². The smallest absolute Gasteiger partial charge is 0.221 e. The number of carbonyl (C=O) groups excluding carboxylic acids is 3. The zero-order valence-electron chi connectivity index (χ0n) is 10.6. The van der Waals surface area contributed by atoms with E-state index in [-0.39, 0.29) is 18.1 Å². The summed E-state index contributed by atoms with van der Waals surface area (Å²) in [6, 6.07) is -0.647. The molecule has 2 atom stereocenters. The van der Waals surface area contributed by atoms with Crippen LogP contribution in [0.1, 0.15) is 26.2 Å². The van der Waals surface area contributed by atoms with Crippen LogP contribution >= 0.6 is 0 Å². The Kier molecular flexibility index (Phi) is 7.35. The van der Waals surface area contributed by atoms with Gasteiger partial charge in [0.1, 0.15) is 0 Å². The lowest BCUT2D eigenvalue weighted by Gasteiger charge is -2.17. The zero-order chi connectivity index (χ0) is 14.1. The molecule has 0 rings (SSSR count). The topological polar surface area (TPSA) is 89.3 Å². The summed E-state index contributed by atoms with van der Waals surface area (Å²) in [7, 11) is 0. The van der Waals surface area contributed by atoms with Gasteiger partial charge in [-0.15, -0.1) is 13.2 Å². The molecule has 100 valence electrons. The van der Waals surface area contributed by atoms with E-state index in [4.69, 9.17) is 5.73 Å². The fraction of sp³-hybridized carbons (Fsp3) is 0.462. The van der Waals surface area contributed by atoms with Gasteiger partial charge in [-0.1, -0.05) is 12.2 Å². The molecule has 2 amide bonds. The molecule has 0 aliphatic rings. The van der Waals surface area contributed by atoms with E-state index in [0.717, 1.165) is 0 Å². The lowest BCUT2D eigenvalue weighted by Crippen LogP contribution is -2.41. The van der Waals surface area contributed by atoms with Gasteiger partial charge in [0.05, 0.1) is 6.04 Å². The molecule has 0 spiro atoms. The fourth-order valence-electron chi connectivity index (χ4n) is 1.57. The first kappa shape index (κ1) is 16.1. The number of hydrogen-bond acceptors (Lipinski definition) is 3. The molecule has 0 aliphatic heterocycles. The molecule has 0 fully saturated rings. The SMILES string of the molecule is C=CCC(CC(=O)C(CC=C)NC(C)=O)C(N)=O. The highest BCUT2D eigenvalue weighted by atomic mass is 16.2. The average molecular weight is 252 g/mol. The van der Waals surface area contributed by atoms with Crippen LogP contribution in [0.25, 0.3) is 0 Å². The van der Waals surface area contributed by atoms with Crippen molar-refractivity contribution in [2.45, 2.75) is 32.2 Å². The normalized spacial score (nSPS) is 13.2. The van der Waals surface area contributed by atoms with Crippen LogP contribution in [0.15, 0.2) is 25.3 Å². The monoisotopic (exact) mass is 252 g/mol. The number of rotatable bonds is 9. The summed E-state index contributed by atoms with van der Waals surface area (Å²) in [4.78, 5) is 34.1. The fourth-order valence-corrected chi connectivity index (χ4v) is 1.57. The minimum atomic E-state index is -0.647. The molecule has 0 aromatic carbocycles. The van der Waals surface area contributed by atoms with E-state index < -0.39 is 17.9 Å². The van der Waals surface area contributed by atoms with Gasteiger partial charge in [0.15, 0.2) is 5.78 Å². The Morgan fingerprint density at radius 2 is 1.78 bits per heavy atom. The third-order valence-corrected chi connectivity index (χ3v) is 2.47. The van der Waals surface area contributed by atoms with Crippen molar-refractivity contribution in [2.75, 3.05) is 0 Å². The van der Waals surface area contributed by atoms with E-state index in [1.54, 1.807) is 12.2 Å². The molecule has 0 aromatic rings. The molecule has 0 saturated carbocycles. The van der Waals surface area contributed by atoms with E-state index in [9.17, 15) is 14.4 Å². The van der Waals surface area contributed by atoms with Crippen LogP contribution in [0.3, 0.4) is 0 Å². The second kappa shape index (κ2) is 8.22. The van der Waals surface area contributed by atoms with Crippen LogP contribution in [0.2, 0.25) is 0 Å². The van der Waals surface area contributed by atoms with E-state index in [1.807, 2.05) is 0 Å². The van der Waals surface area contributed by atoms with Crippen LogP contribution in [0, 0.1) is 5.92 Å². The number of carbonyl (C=O) groups is 3. The van der Waals surface area contributed by atoms with Crippen molar-refractivity contribution in [3.63, 3.8) is 0 Å². The van der Waals surface area contributed by atoms with Crippen molar-refractivity contribution in [2.24, 2.45) is 11.7 Å². The van der Waals surface area contributed by atoms with Crippen molar-refractivity contribution in [1.82, 2.24) is 5.32 Å². The molecule has 0 aromatic heterocycles. The molecule has 0 heterocycles. The number of primary amides is 1. The average Bonchev–Trinajstić information content (AvgIpc) is 2.27. The molecular weight excluding hydrogens is 232 g/mol. The third kappa shape index (κ3) is 5.98.